The van der Waals surface area contributed by atoms with Gasteiger partial charge in [-0.3, -0.25) is 4.79 Å². The van der Waals surface area contributed by atoms with Crippen LogP contribution in [0.1, 0.15) is 12.0 Å². The third kappa shape index (κ3) is 2.59. The number of nitrogens with one attached hydrogen (secondary N) is 1. The number of nitrogens with zero attached hydrogens (tertiary/aromatic N) is 2. The van der Waals surface area contributed by atoms with Gasteiger partial charge in [0.15, 0.2) is 0 Å². The lowest BCUT2D eigenvalue weighted by atomic mass is 10.2. The summed E-state index contributed by atoms with van der Waals surface area (Å²) in [4.78, 5) is 11.4. The number of carbonyl (C=O) groups excluding carboxylic acids is 1. The summed E-state index contributed by atoms with van der Waals surface area (Å²) < 4.78 is 25.6. The van der Waals surface area contributed by atoms with Gasteiger partial charge in [-0.05, 0) is 23.8 Å². The molecule has 0 saturated heterocycles. The van der Waals surface area contributed by atoms with Crippen LogP contribution in [0.5, 0.6) is 0 Å². The number of rotatable bonds is 4. The van der Waals surface area contributed by atoms with Gasteiger partial charge in [0.05, 0.1) is 17.4 Å². The van der Waals surface area contributed by atoms with Gasteiger partial charge >= 0.3 is 0 Å². The van der Waals surface area contributed by atoms with Gasteiger partial charge in [0.2, 0.25) is 15.9 Å². The maximum absolute atomic E-state index is 12.2. The molecule has 1 aromatic carbocycles. The maximum atomic E-state index is 12.2. The number of fused-ring (bicyclic) bond motifs is 1. The van der Waals surface area contributed by atoms with Gasteiger partial charge in [-0.2, -0.15) is 9.57 Å². The summed E-state index contributed by atoms with van der Waals surface area (Å²) in [5.41, 5.74) is 1.34. The van der Waals surface area contributed by atoms with Crippen molar-refractivity contribution in [2.45, 2.75) is 17.7 Å². The fraction of sp³-hybridized carbons (Fsp3) is 0.333. The average Bonchev–Trinajstić information content (AvgIpc) is 2.74. The molecule has 1 N–H and O–H groups in total. The minimum Gasteiger partial charge on any atom is -0.326 e. The van der Waals surface area contributed by atoms with Crippen molar-refractivity contribution >= 4 is 21.6 Å². The monoisotopic (exact) mass is 279 g/mol. The molecule has 0 aromatic heterocycles. The number of hydrogen-bond acceptors (Lipinski definition) is 4. The van der Waals surface area contributed by atoms with Crippen molar-refractivity contribution in [1.29, 1.82) is 5.26 Å². The van der Waals surface area contributed by atoms with Gasteiger partial charge in [-0.15, -0.1) is 0 Å². The molecule has 6 nitrogen and oxygen atoms in total. The zero-order valence-corrected chi connectivity index (χ0v) is 11.2. The number of benzene rings is 1. The molecule has 0 saturated carbocycles. The van der Waals surface area contributed by atoms with Crippen molar-refractivity contribution in [2.24, 2.45) is 0 Å². The smallest absolute Gasteiger partial charge is 0.242 e. The highest BCUT2D eigenvalue weighted by Crippen LogP contribution is 2.26. The second-order valence-electron chi connectivity index (χ2n) is 4.28. The number of carbonyl (C=O) groups is 1. The van der Waals surface area contributed by atoms with Crippen molar-refractivity contribution in [3.8, 4) is 6.07 Å². The van der Waals surface area contributed by atoms with Gasteiger partial charge in [-0.1, -0.05) is 0 Å². The van der Waals surface area contributed by atoms with Crippen LogP contribution >= 0.6 is 0 Å². The van der Waals surface area contributed by atoms with E-state index in [9.17, 15) is 13.2 Å². The van der Waals surface area contributed by atoms with Crippen LogP contribution in [0.15, 0.2) is 23.1 Å². The first kappa shape index (κ1) is 13.5. The summed E-state index contributed by atoms with van der Waals surface area (Å²) in [6.07, 6.45) is 0.335. The minimum atomic E-state index is -3.61. The van der Waals surface area contributed by atoms with E-state index < -0.39 is 10.0 Å². The van der Waals surface area contributed by atoms with E-state index in [0.717, 1.165) is 4.31 Å². The maximum Gasteiger partial charge on any atom is 0.242 e. The Bertz CT molecular complexity index is 661. The third-order valence-corrected chi connectivity index (χ3v) is 4.80. The summed E-state index contributed by atoms with van der Waals surface area (Å²) in [6, 6.07) is 6.46. The molecule has 0 unspecified atom stereocenters. The Morgan fingerprint density at radius 3 is 2.89 bits per heavy atom. The predicted octanol–water partition coefficient (Wildman–Crippen LogP) is 0.715. The molecule has 19 heavy (non-hydrogen) atoms. The van der Waals surface area contributed by atoms with E-state index in [1.165, 1.54) is 19.2 Å². The highest BCUT2D eigenvalue weighted by molar-refractivity contribution is 7.89. The Morgan fingerprint density at radius 1 is 1.47 bits per heavy atom. The Hall–Kier alpha value is -1.91. The molecule has 7 heteroatoms. The molecule has 0 fully saturated rings. The lowest BCUT2D eigenvalue weighted by Gasteiger charge is -2.16. The Labute approximate surface area is 111 Å². The minimum absolute atomic E-state index is 0.137. The number of anilines is 1. The number of nitriles is 1. The predicted molar refractivity (Wildman–Crippen MR) is 68.8 cm³/mol. The zero-order chi connectivity index (χ0) is 14.0. The summed E-state index contributed by atoms with van der Waals surface area (Å²) >= 11 is 0. The molecule has 1 amide bonds. The Kier molecular flexibility index (Phi) is 3.55. The topological polar surface area (TPSA) is 90.3 Å². The Balaban J connectivity index is 2.30. The first-order chi connectivity index (χ1) is 8.95. The molecule has 0 spiro atoms. The first-order valence-electron chi connectivity index (χ1n) is 5.71. The summed E-state index contributed by atoms with van der Waals surface area (Å²) in [5.74, 6) is -0.137. The number of sulfonamides is 1. The molecular weight excluding hydrogens is 266 g/mol. The van der Waals surface area contributed by atoms with Crippen molar-refractivity contribution in [1.82, 2.24) is 4.31 Å². The number of amides is 1. The van der Waals surface area contributed by atoms with Crippen LogP contribution in [-0.4, -0.2) is 32.2 Å². The summed E-state index contributed by atoms with van der Waals surface area (Å²) in [7, 11) is -2.17. The quantitative estimate of drug-likeness (QED) is 0.879. The standard InChI is InChI=1S/C12H13N3O3S/c1-15(6-2-5-13)19(17,18)10-3-4-11-9(7-10)8-12(16)14-11/h3-4,7H,2,6,8H2,1H3,(H,14,16). The SMILES string of the molecule is CN(CCC#N)S(=O)(=O)c1ccc2c(c1)CC(=O)N2. The summed E-state index contributed by atoms with van der Waals surface area (Å²) in [6.45, 7) is 0.146. The lowest BCUT2D eigenvalue weighted by Crippen LogP contribution is -2.27. The molecule has 0 atom stereocenters. The second kappa shape index (κ2) is 4.99. The first-order valence-corrected chi connectivity index (χ1v) is 7.15. The van der Waals surface area contributed by atoms with Crippen LogP contribution in [0.25, 0.3) is 0 Å². The largest absolute Gasteiger partial charge is 0.326 e. The second-order valence-corrected chi connectivity index (χ2v) is 6.32. The molecule has 0 aliphatic carbocycles. The average molecular weight is 279 g/mol. The van der Waals surface area contributed by atoms with Crippen LogP contribution in [0.2, 0.25) is 0 Å². The van der Waals surface area contributed by atoms with E-state index in [2.05, 4.69) is 5.32 Å². The lowest BCUT2D eigenvalue weighted by molar-refractivity contribution is -0.115. The normalized spacial score (nSPS) is 14.1. The van der Waals surface area contributed by atoms with E-state index in [1.807, 2.05) is 6.07 Å². The third-order valence-electron chi connectivity index (χ3n) is 2.95. The van der Waals surface area contributed by atoms with Crippen molar-refractivity contribution in [3.63, 3.8) is 0 Å². The molecule has 1 heterocycles. The van der Waals surface area contributed by atoms with Crippen LogP contribution in [-0.2, 0) is 21.2 Å². The summed E-state index contributed by atoms with van der Waals surface area (Å²) in [5, 5.41) is 11.1. The molecule has 1 aliphatic rings. The van der Waals surface area contributed by atoms with E-state index in [-0.39, 0.29) is 30.2 Å². The fourth-order valence-corrected chi connectivity index (χ4v) is 3.10. The van der Waals surface area contributed by atoms with E-state index in [0.29, 0.717) is 11.3 Å². The fourth-order valence-electron chi connectivity index (χ4n) is 1.87. The van der Waals surface area contributed by atoms with Crippen LogP contribution in [0.3, 0.4) is 0 Å². The highest BCUT2D eigenvalue weighted by atomic mass is 32.2. The molecule has 0 bridgehead atoms. The van der Waals surface area contributed by atoms with E-state index >= 15 is 0 Å². The van der Waals surface area contributed by atoms with Crippen molar-refractivity contribution < 1.29 is 13.2 Å². The molecule has 0 radical (unpaired) electrons. The number of hydrogen-bond donors (Lipinski definition) is 1. The highest BCUT2D eigenvalue weighted by Gasteiger charge is 2.24. The van der Waals surface area contributed by atoms with Crippen LogP contribution in [0.4, 0.5) is 5.69 Å². The molecular formula is C12H13N3O3S. The molecule has 2 rings (SSSR count). The van der Waals surface area contributed by atoms with Crippen molar-refractivity contribution in [3.05, 3.63) is 23.8 Å². The van der Waals surface area contributed by atoms with Gasteiger partial charge in [0.25, 0.3) is 0 Å². The Morgan fingerprint density at radius 2 is 2.21 bits per heavy atom. The molecule has 1 aromatic rings. The van der Waals surface area contributed by atoms with Gasteiger partial charge in [0, 0.05) is 25.7 Å². The molecule has 1 aliphatic heterocycles. The van der Waals surface area contributed by atoms with Gasteiger partial charge < -0.3 is 5.32 Å². The van der Waals surface area contributed by atoms with Gasteiger partial charge in [0.1, 0.15) is 0 Å². The van der Waals surface area contributed by atoms with Crippen molar-refractivity contribution in [2.75, 3.05) is 18.9 Å². The van der Waals surface area contributed by atoms with Gasteiger partial charge in [-0.25, -0.2) is 8.42 Å². The van der Waals surface area contributed by atoms with Crippen LogP contribution in [0, 0.1) is 11.3 Å². The zero-order valence-electron chi connectivity index (χ0n) is 10.4. The molecule has 100 valence electrons. The van der Waals surface area contributed by atoms with E-state index in [4.69, 9.17) is 5.26 Å². The van der Waals surface area contributed by atoms with E-state index in [1.54, 1.807) is 6.07 Å². The van der Waals surface area contributed by atoms with Crippen LogP contribution < -0.4 is 5.32 Å².